The molecule has 20 heavy (non-hydrogen) atoms. The van der Waals surface area contributed by atoms with Gasteiger partial charge in [0, 0.05) is 13.2 Å². The summed E-state index contributed by atoms with van der Waals surface area (Å²) < 4.78 is 5.22. The highest BCUT2D eigenvalue weighted by atomic mass is 16.5. The van der Waals surface area contributed by atoms with Crippen molar-refractivity contribution in [2.75, 3.05) is 7.11 Å². The molecular formula is C14H25N3O3. The molecule has 4 N–H and O–H groups in total. The largest absolute Gasteiger partial charge is 0.409 e. The number of nitrogens with two attached hydrogens (primary N) is 1. The SMILES string of the molecule is COC1CC(NC(=O)C2(C(N)=NO)CCCCCC2)C1. The minimum Gasteiger partial charge on any atom is -0.409 e. The second-order valence-corrected chi connectivity index (χ2v) is 5.98. The van der Waals surface area contributed by atoms with Crippen LogP contribution in [0.5, 0.6) is 0 Å². The maximum atomic E-state index is 12.6. The molecule has 2 fully saturated rings. The standard InChI is InChI=1S/C14H25N3O3/c1-20-11-8-10(9-11)16-13(18)14(12(15)17-19)6-4-2-3-5-7-14/h10-11,19H,2-9H2,1H3,(H2,15,17)(H,16,18). The lowest BCUT2D eigenvalue weighted by atomic mass is 9.77. The lowest BCUT2D eigenvalue weighted by molar-refractivity contribution is -0.130. The smallest absolute Gasteiger partial charge is 0.234 e. The number of ether oxygens (including phenoxy) is 1. The van der Waals surface area contributed by atoms with Crippen LogP contribution in [-0.4, -0.2) is 36.2 Å². The lowest BCUT2D eigenvalue weighted by Crippen LogP contribution is -2.56. The molecule has 2 rings (SSSR count). The Hall–Kier alpha value is -1.30. The van der Waals surface area contributed by atoms with Crippen LogP contribution in [0, 0.1) is 5.41 Å². The molecule has 1 amide bonds. The molecule has 0 aliphatic heterocycles. The van der Waals surface area contributed by atoms with Gasteiger partial charge < -0.3 is 21.0 Å². The monoisotopic (exact) mass is 283 g/mol. The first kappa shape index (κ1) is 15.1. The molecule has 0 aromatic heterocycles. The van der Waals surface area contributed by atoms with Crippen molar-refractivity contribution < 1.29 is 14.7 Å². The number of hydrogen-bond donors (Lipinski definition) is 3. The zero-order valence-electron chi connectivity index (χ0n) is 12.1. The summed E-state index contributed by atoms with van der Waals surface area (Å²) in [4.78, 5) is 12.6. The van der Waals surface area contributed by atoms with Crippen molar-refractivity contribution in [1.82, 2.24) is 5.32 Å². The molecule has 0 radical (unpaired) electrons. The van der Waals surface area contributed by atoms with Crippen LogP contribution >= 0.6 is 0 Å². The summed E-state index contributed by atoms with van der Waals surface area (Å²) in [6.45, 7) is 0. The van der Waals surface area contributed by atoms with Gasteiger partial charge in [-0.2, -0.15) is 0 Å². The highest BCUT2D eigenvalue weighted by Crippen LogP contribution is 2.36. The number of carbonyl (C=O) groups is 1. The van der Waals surface area contributed by atoms with Gasteiger partial charge in [-0.25, -0.2) is 0 Å². The van der Waals surface area contributed by atoms with Crippen LogP contribution in [0.4, 0.5) is 0 Å². The van der Waals surface area contributed by atoms with Gasteiger partial charge in [0.2, 0.25) is 5.91 Å². The molecular weight excluding hydrogens is 258 g/mol. The van der Waals surface area contributed by atoms with Crippen molar-refractivity contribution in [1.29, 1.82) is 0 Å². The predicted octanol–water partition coefficient (Wildman–Crippen LogP) is 1.37. The highest BCUT2D eigenvalue weighted by Gasteiger charge is 2.44. The molecule has 6 nitrogen and oxygen atoms in total. The Morgan fingerprint density at radius 3 is 2.40 bits per heavy atom. The molecule has 114 valence electrons. The number of amidine groups is 1. The Labute approximate surface area is 119 Å². The summed E-state index contributed by atoms with van der Waals surface area (Å²) in [6.07, 6.45) is 7.33. The first-order valence-electron chi connectivity index (χ1n) is 7.44. The second-order valence-electron chi connectivity index (χ2n) is 5.98. The maximum absolute atomic E-state index is 12.6. The zero-order valence-corrected chi connectivity index (χ0v) is 12.1. The Morgan fingerprint density at radius 2 is 1.90 bits per heavy atom. The fourth-order valence-electron chi connectivity index (χ4n) is 3.23. The number of hydrogen-bond acceptors (Lipinski definition) is 4. The van der Waals surface area contributed by atoms with Gasteiger partial charge in [0.25, 0.3) is 0 Å². The number of oxime groups is 1. The van der Waals surface area contributed by atoms with E-state index in [1.807, 2.05) is 0 Å². The van der Waals surface area contributed by atoms with Crippen molar-refractivity contribution in [3.8, 4) is 0 Å². The van der Waals surface area contributed by atoms with Crippen LogP contribution in [-0.2, 0) is 9.53 Å². The Bertz CT molecular complexity index is 370. The van der Waals surface area contributed by atoms with Gasteiger partial charge in [0.05, 0.1) is 6.10 Å². The summed E-state index contributed by atoms with van der Waals surface area (Å²) in [5, 5.41) is 15.2. The number of nitrogens with zero attached hydrogens (tertiary/aromatic N) is 1. The molecule has 2 aliphatic rings. The summed E-state index contributed by atoms with van der Waals surface area (Å²) in [5.41, 5.74) is 5.03. The van der Waals surface area contributed by atoms with Crippen LogP contribution in [0.25, 0.3) is 0 Å². The molecule has 0 aromatic rings. The van der Waals surface area contributed by atoms with E-state index in [1.54, 1.807) is 7.11 Å². The Morgan fingerprint density at radius 1 is 1.30 bits per heavy atom. The minimum absolute atomic E-state index is 0.0551. The van der Waals surface area contributed by atoms with Gasteiger partial charge in [-0.05, 0) is 25.7 Å². The van der Waals surface area contributed by atoms with Gasteiger partial charge in [0.1, 0.15) is 5.41 Å². The third-order valence-corrected chi connectivity index (χ3v) is 4.75. The molecule has 2 saturated carbocycles. The van der Waals surface area contributed by atoms with E-state index in [0.717, 1.165) is 38.5 Å². The summed E-state index contributed by atoms with van der Waals surface area (Å²) in [7, 11) is 1.69. The molecule has 0 unspecified atom stereocenters. The van der Waals surface area contributed by atoms with Crippen LogP contribution < -0.4 is 11.1 Å². The molecule has 0 spiro atoms. The molecule has 0 bridgehead atoms. The fourth-order valence-corrected chi connectivity index (χ4v) is 3.23. The summed E-state index contributed by atoms with van der Waals surface area (Å²) in [5.74, 6) is -0.0335. The average Bonchev–Trinajstić information content (AvgIpc) is 2.67. The van der Waals surface area contributed by atoms with E-state index < -0.39 is 5.41 Å². The number of carbonyl (C=O) groups excluding carboxylic acids is 1. The van der Waals surface area contributed by atoms with Gasteiger partial charge in [0.15, 0.2) is 5.84 Å². The topological polar surface area (TPSA) is 96.9 Å². The van der Waals surface area contributed by atoms with Gasteiger partial charge >= 0.3 is 0 Å². The van der Waals surface area contributed by atoms with Crippen molar-refractivity contribution in [3.05, 3.63) is 0 Å². The van der Waals surface area contributed by atoms with Crippen LogP contribution in [0.3, 0.4) is 0 Å². The van der Waals surface area contributed by atoms with E-state index >= 15 is 0 Å². The summed E-state index contributed by atoms with van der Waals surface area (Å²) in [6, 6.07) is 0.152. The third-order valence-electron chi connectivity index (χ3n) is 4.75. The van der Waals surface area contributed by atoms with E-state index in [1.165, 1.54) is 0 Å². The molecule has 0 saturated heterocycles. The normalized spacial score (nSPS) is 30.1. The second kappa shape index (κ2) is 6.43. The van der Waals surface area contributed by atoms with Crippen LogP contribution in [0.2, 0.25) is 0 Å². The van der Waals surface area contributed by atoms with Crippen molar-refractivity contribution in [2.24, 2.45) is 16.3 Å². The number of nitrogens with one attached hydrogen (secondary N) is 1. The molecule has 0 heterocycles. The predicted molar refractivity (Wildman–Crippen MR) is 75.5 cm³/mol. The first-order valence-corrected chi connectivity index (χ1v) is 7.44. The van der Waals surface area contributed by atoms with E-state index in [0.29, 0.717) is 12.8 Å². The Kier molecular flexibility index (Phi) is 4.86. The third kappa shape index (κ3) is 2.90. The Balaban J connectivity index is 2.04. The zero-order chi connectivity index (χ0) is 14.6. The van der Waals surface area contributed by atoms with Gasteiger partial charge in [-0.1, -0.05) is 30.8 Å². The maximum Gasteiger partial charge on any atom is 0.234 e. The van der Waals surface area contributed by atoms with E-state index in [-0.39, 0.29) is 23.9 Å². The lowest BCUT2D eigenvalue weighted by Gasteiger charge is -2.38. The highest BCUT2D eigenvalue weighted by molar-refractivity contribution is 6.06. The van der Waals surface area contributed by atoms with Gasteiger partial charge in [-0.15, -0.1) is 0 Å². The average molecular weight is 283 g/mol. The minimum atomic E-state index is -0.830. The van der Waals surface area contributed by atoms with E-state index in [4.69, 9.17) is 15.7 Å². The van der Waals surface area contributed by atoms with E-state index in [2.05, 4.69) is 10.5 Å². The quantitative estimate of drug-likeness (QED) is 0.239. The van der Waals surface area contributed by atoms with Crippen molar-refractivity contribution in [2.45, 2.75) is 63.5 Å². The van der Waals surface area contributed by atoms with Crippen LogP contribution in [0.1, 0.15) is 51.4 Å². The molecule has 2 aliphatic carbocycles. The number of rotatable bonds is 4. The summed E-state index contributed by atoms with van der Waals surface area (Å²) >= 11 is 0. The molecule has 6 heteroatoms. The molecule has 0 atom stereocenters. The first-order chi connectivity index (χ1) is 9.62. The van der Waals surface area contributed by atoms with Crippen LogP contribution in [0.15, 0.2) is 5.16 Å². The fraction of sp³-hybridized carbons (Fsp3) is 0.857. The van der Waals surface area contributed by atoms with Crippen molar-refractivity contribution in [3.63, 3.8) is 0 Å². The van der Waals surface area contributed by atoms with Gasteiger partial charge in [-0.3, -0.25) is 4.79 Å². The molecule has 0 aromatic carbocycles. The number of amides is 1. The number of methoxy groups -OCH3 is 1. The van der Waals surface area contributed by atoms with E-state index in [9.17, 15) is 4.79 Å². The van der Waals surface area contributed by atoms with Crippen molar-refractivity contribution >= 4 is 11.7 Å².